The van der Waals surface area contributed by atoms with Crippen LogP contribution in [0.25, 0.3) is 0 Å². The molecule has 0 saturated carbocycles. The molecule has 0 aromatic carbocycles. The minimum Gasteiger partial charge on any atom is -0.379 e. The van der Waals surface area contributed by atoms with E-state index in [1.165, 1.54) is 25.7 Å². The number of unbranched alkanes of at least 4 members (excludes halogenated alkanes) is 2. The monoisotopic (exact) mass is 193 g/mol. The Labute approximate surface area is 91.0 Å². The lowest BCUT2D eigenvalue weighted by atomic mass is 9.94. The molecular weight excluding hydrogens is 169 g/mol. The van der Waals surface area contributed by atoms with Gasteiger partial charge in [-0.05, 0) is 26.0 Å². The van der Waals surface area contributed by atoms with Crippen LogP contribution in [-0.4, -0.2) is 25.8 Å². The number of hydrogen-bond donors (Lipinski definition) is 0. The highest BCUT2D eigenvalue weighted by molar-refractivity contribution is 6.21. The summed E-state index contributed by atoms with van der Waals surface area (Å²) in [5.41, 5.74) is 0.967. The molecule has 1 nitrogen and oxygen atoms in total. The van der Waals surface area contributed by atoms with Gasteiger partial charge in [-0.15, -0.1) is 5.47 Å². The van der Waals surface area contributed by atoms with Crippen LogP contribution >= 0.6 is 0 Å². The van der Waals surface area contributed by atoms with Gasteiger partial charge in [0.25, 0.3) is 0 Å². The number of nitrogens with zero attached hydrogens (tertiary/aromatic N) is 1. The average Bonchev–Trinajstić information content (AvgIpc) is 2.17. The normalized spacial score (nSPS) is 14.1. The molecule has 2 heteroatoms. The van der Waals surface area contributed by atoms with Crippen LogP contribution in [0, 0.1) is 0 Å². The lowest BCUT2D eigenvalue weighted by Gasteiger charge is -2.24. The fourth-order valence-electron chi connectivity index (χ4n) is 1.37. The molecule has 0 spiro atoms. The summed E-state index contributed by atoms with van der Waals surface area (Å²) in [6.07, 6.45) is 8.22. The quantitative estimate of drug-likeness (QED) is 0.443. The van der Waals surface area contributed by atoms with Crippen molar-refractivity contribution in [3.05, 3.63) is 11.7 Å². The summed E-state index contributed by atoms with van der Waals surface area (Å²) in [4.78, 5) is 2.23. The van der Waals surface area contributed by atoms with Crippen LogP contribution in [0.15, 0.2) is 11.7 Å². The SMILES string of the molecule is [B]/C(=C/N(C)C(C)CCCCC)CC. The molecule has 0 aromatic heterocycles. The molecule has 0 aliphatic carbocycles. The minimum atomic E-state index is 0.603. The predicted molar refractivity (Wildman–Crippen MR) is 65.5 cm³/mol. The molecule has 0 N–H and O–H groups in total. The van der Waals surface area contributed by atoms with Crippen molar-refractivity contribution in [2.75, 3.05) is 7.05 Å². The van der Waals surface area contributed by atoms with E-state index in [2.05, 4.69) is 38.9 Å². The summed E-state index contributed by atoms with van der Waals surface area (Å²) in [6, 6.07) is 0.603. The minimum absolute atomic E-state index is 0.603. The molecular formula is C12H24BN. The molecule has 1 unspecified atom stereocenters. The first-order valence-corrected chi connectivity index (χ1v) is 5.79. The predicted octanol–water partition coefficient (Wildman–Crippen LogP) is 3.31. The topological polar surface area (TPSA) is 3.24 Å². The average molecular weight is 193 g/mol. The first-order valence-electron chi connectivity index (χ1n) is 5.79. The van der Waals surface area contributed by atoms with Crippen molar-refractivity contribution in [3.8, 4) is 0 Å². The molecule has 0 saturated heterocycles. The zero-order valence-electron chi connectivity index (χ0n) is 10.2. The molecule has 0 bridgehead atoms. The molecule has 2 radical (unpaired) electrons. The third kappa shape index (κ3) is 6.12. The van der Waals surface area contributed by atoms with E-state index in [4.69, 9.17) is 7.85 Å². The standard InChI is InChI=1S/C12H24BN/c1-5-7-8-9-11(3)14(4)10-12(13)6-2/h10-11H,5-9H2,1-4H3/b12-10+. The van der Waals surface area contributed by atoms with Crippen molar-refractivity contribution >= 4 is 7.85 Å². The van der Waals surface area contributed by atoms with Gasteiger partial charge in [-0.1, -0.05) is 33.1 Å². The van der Waals surface area contributed by atoms with Gasteiger partial charge in [-0.25, -0.2) is 0 Å². The second kappa shape index (κ2) is 7.96. The lowest BCUT2D eigenvalue weighted by molar-refractivity contribution is 0.324. The number of hydrogen-bond acceptors (Lipinski definition) is 1. The van der Waals surface area contributed by atoms with Gasteiger partial charge in [-0.2, -0.15) is 0 Å². The zero-order chi connectivity index (χ0) is 11.0. The Morgan fingerprint density at radius 3 is 2.50 bits per heavy atom. The van der Waals surface area contributed by atoms with Crippen molar-refractivity contribution in [3.63, 3.8) is 0 Å². The summed E-state index contributed by atoms with van der Waals surface area (Å²) >= 11 is 0. The Morgan fingerprint density at radius 2 is 2.00 bits per heavy atom. The summed E-state index contributed by atoms with van der Waals surface area (Å²) in [6.45, 7) is 6.58. The summed E-state index contributed by atoms with van der Waals surface area (Å²) in [7, 11) is 7.90. The highest BCUT2D eigenvalue weighted by Crippen LogP contribution is 2.09. The third-order valence-corrected chi connectivity index (χ3v) is 2.70. The molecule has 0 rings (SSSR count). The largest absolute Gasteiger partial charge is 0.379 e. The number of rotatable bonds is 7. The molecule has 0 heterocycles. The Balaban J connectivity index is 3.80. The number of allylic oxidation sites excluding steroid dienone is 1. The van der Waals surface area contributed by atoms with E-state index in [-0.39, 0.29) is 0 Å². The van der Waals surface area contributed by atoms with Gasteiger partial charge in [0, 0.05) is 13.1 Å². The van der Waals surface area contributed by atoms with Crippen LogP contribution in [0.2, 0.25) is 0 Å². The second-order valence-corrected chi connectivity index (χ2v) is 4.07. The van der Waals surface area contributed by atoms with Crippen LogP contribution in [0.3, 0.4) is 0 Å². The summed E-state index contributed by atoms with van der Waals surface area (Å²) in [5.74, 6) is 0. The lowest BCUT2D eigenvalue weighted by Crippen LogP contribution is -2.24. The van der Waals surface area contributed by atoms with Gasteiger partial charge in [0.15, 0.2) is 0 Å². The molecule has 0 aliphatic rings. The zero-order valence-corrected chi connectivity index (χ0v) is 10.2. The van der Waals surface area contributed by atoms with Crippen molar-refractivity contribution in [2.24, 2.45) is 0 Å². The Morgan fingerprint density at radius 1 is 1.36 bits per heavy atom. The van der Waals surface area contributed by atoms with E-state index < -0.39 is 0 Å². The van der Waals surface area contributed by atoms with Crippen LogP contribution in [0.5, 0.6) is 0 Å². The highest BCUT2D eigenvalue weighted by Gasteiger charge is 2.04. The summed E-state index contributed by atoms with van der Waals surface area (Å²) in [5, 5.41) is 0. The molecule has 1 atom stereocenters. The van der Waals surface area contributed by atoms with E-state index in [0.717, 1.165) is 11.9 Å². The fraction of sp³-hybridized carbons (Fsp3) is 0.833. The highest BCUT2D eigenvalue weighted by atomic mass is 15.1. The molecule has 0 fully saturated rings. The molecule has 0 aromatic rings. The maximum Gasteiger partial charge on any atom is 0.109 e. The Kier molecular flexibility index (Phi) is 7.73. The van der Waals surface area contributed by atoms with Gasteiger partial charge < -0.3 is 4.90 Å². The molecule has 80 valence electrons. The van der Waals surface area contributed by atoms with Crippen molar-refractivity contribution in [1.82, 2.24) is 4.90 Å². The van der Waals surface area contributed by atoms with Gasteiger partial charge in [0.1, 0.15) is 7.85 Å². The van der Waals surface area contributed by atoms with Crippen molar-refractivity contribution in [2.45, 2.75) is 58.9 Å². The van der Waals surface area contributed by atoms with Crippen LogP contribution in [-0.2, 0) is 0 Å². The van der Waals surface area contributed by atoms with Gasteiger partial charge in [-0.3, -0.25) is 0 Å². The fourth-order valence-corrected chi connectivity index (χ4v) is 1.37. The first-order chi connectivity index (χ1) is 6.61. The van der Waals surface area contributed by atoms with E-state index >= 15 is 0 Å². The Hall–Kier alpha value is -0.395. The smallest absolute Gasteiger partial charge is 0.109 e. The molecule has 0 amide bonds. The maximum absolute atomic E-state index is 5.79. The molecule has 0 aliphatic heterocycles. The van der Waals surface area contributed by atoms with Gasteiger partial charge in [0.2, 0.25) is 0 Å². The van der Waals surface area contributed by atoms with Crippen LogP contribution in [0.1, 0.15) is 52.9 Å². The Bertz CT molecular complexity index is 166. The summed E-state index contributed by atoms with van der Waals surface area (Å²) < 4.78 is 0. The van der Waals surface area contributed by atoms with Crippen molar-refractivity contribution in [1.29, 1.82) is 0 Å². The second-order valence-electron chi connectivity index (χ2n) is 4.07. The van der Waals surface area contributed by atoms with E-state index in [9.17, 15) is 0 Å². The first kappa shape index (κ1) is 13.6. The van der Waals surface area contributed by atoms with Gasteiger partial charge >= 0.3 is 0 Å². The van der Waals surface area contributed by atoms with E-state index in [1.54, 1.807) is 0 Å². The van der Waals surface area contributed by atoms with Crippen LogP contribution in [0.4, 0.5) is 0 Å². The van der Waals surface area contributed by atoms with E-state index in [0.29, 0.717) is 6.04 Å². The van der Waals surface area contributed by atoms with Crippen molar-refractivity contribution < 1.29 is 0 Å². The maximum atomic E-state index is 5.79. The molecule has 14 heavy (non-hydrogen) atoms. The van der Waals surface area contributed by atoms with Crippen LogP contribution < -0.4 is 0 Å². The van der Waals surface area contributed by atoms with Gasteiger partial charge in [0.05, 0.1) is 0 Å². The third-order valence-electron chi connectivity index (χ3n) is 2.70. The van der Waals surface area contributed by atoms with E-state index in [1.807, 2.05) is 0 Å².